The number of aliphatic carboxylic acids is 1. The predicted octanol–water partition coefficient (Wildman–Crippen LogP) is 2.19. The number of aryl methyl sites for hydroxylation is 1. The highest BCUT2D eigenvalue weighted by Gasteiger charge is 2.58. The zero-order valence-corrected chi connectivity index (χ0v) is 20.3. The van der Waals surface area contributed by atoms with Crippen LogP contribution in [0.3, 0.4) is 0 Å². The van der Waals surface area contributed by atoms with Crippen LogP contribution in [0.4, 0.5) is 0 Å². The molecule has 164 valence electrons. The van der Waals surface area contributed by atoms with E-state index in [0.717, 1.165) is 8.64 Å². The van der Waals surface area contributed by atoms with E-state index in [0.29, 0.717) is 27.1 Å². The van der Waals surface area contributed by atoms with Crippen LogP contribution in [0.15, 0.2) is 37.3 Å². The molecule has 2 unspecified atom stereocenters. The second-order valence-electron chi connectivity index (χ2n) is 6.53. The standard InChI is InChI=1S/C17H16N4O5S5/c1-8-18-17(30-19-8)29-7-10-6-28-15-13(14(23)20(15)12(10)16(24)25)21(9(2)22)31(26)11-4-3-5-27-11/h3-5,13,15H,6-7H2,1-2H3,(H,24,25)/t13?,15-,31?/m1/s1. The number of thioether (sulfide) groups is 2. The highest BCUT2D eigenvalue weighted by atomic mass is 32.2. The number of carboxylic acids is 1. The lowest BCUT2D eigenvalue weighted by Crippen LogP contribution is -2.71. The van der Waals surface area contributed by atoms with E-state index < -0.39 is 40.2 Å². The molecule has 4 rings (SSSR count). The Kier molecular flexibility index (Phi) is 6.53. The van der Waals surface area contributed by atoms with Crippen LogP contribution in [-0.4, -0.2) is 68.6 Å². The summed E-state index contributed by atoms with van der Waals surface area (Å²) in [7, 11) is -1.83. The van der Waals surface area contributed by atoms with Crippen molar-refractivity contribution in [3.8, 4) is 0 Å². The Hall–Kier alpha value is -1.74. The number of rotatable bonds is 7. The average molecular weight is 517 g/mol. The monoisotopic (exact) mass is 516 g/mol. The molecule has 0 aromatic carbocycles. The molecule has 1 saturated heterocycles. The van der Waals surface area contributed by atoms with E-state index in [1.54, 1.807) is 24.4 Å². The van der Waals surface area contributed by atoms with Gasteiger partial charge in [0.15, 0.2) is 21.4 Å². The number of β-lactam (4-membered cyclic amide) rings is 1. The highest BCUT2D eigenvalue weighted by Crippen LogP contribution is 2.44. The lowest BCUT2D eigenvalue weighted by atomic mass is 10.0. The Morgan fingerprint density at radius 3 is 2.81 bits per heavy atom. The van der Waals surface area contributed by atoms with E-state index in [1.165, 1.54) is 58.2 Å². The summed E-state index contributed by atoms with van der Waals surface area (Å²) in [6.45, 7) is 3.04. The molecule has 0 bridgehead atoms. The molecule has 2 aliphatic heterocycles. The molecule has 0 spiro atoms. The number of carboxylic acid groups (broad SMARTS) is 1. The Bertz CT molecular complexity index is 1100. The molecule has 14 heteroatoms. The molecule has 9 nitrogen and oxygen atoms in total. The Balaban J connectivity index is 1.58. The maximum Gasteiger partial charge on any atom is 0.352 e. The Morgan fingerprint density at radius 1 is 1.45 bits per heavy atom. The van der Waals surface area contributed by atoms with Gasteiger partial charge in [-0.15, -0.1) is 23.1 Å². The first-order valence-corrected chi connectivity index (χ1v) is 13.7. The number of hydrogen-bond donors (Lipinski definition) is 1. The Labute approximate surface area is 196 Å². The van der Waals surface area contributed by atoms with Crippen LogP contribution in [-0.2, 0) is 25.4 Å². The summed E-state index contributed by atoms with van der Waals surface area (Å²) in [4.78, 5) is 42.8. The number of thiophene rings is 1. The van der Waals surface area contributed by atoms with Crippen LogP contribution in [0, 0.1) is 6.92 Å². The third kappa shape index (κ3) is 4.18. The van der Waals surface area contributed by atoms with Crippen LogP contribution >= 0.6 is 46.4 Å². The van der Waals surface area contributed by atoms with Crippen LogP contribution in [0.2, 0.25) is 0 Å². The van der Waals surface area contributed by atoms with Crippen LogP contribution < -0.4 is 0 Å². The second kappa shape index (κ2) is 9.02. The molecule has 2 aromatic heterocycles. The minimum atomic E-state index is -1.83. The van der Waals surface area contributed by atoms with E-state index >= 15 is 0 Å². The second-order valence-corrected chi connectivity index (χ2v) is 12.2. The molecular formula is C17H16N4O5S5. The fourth-order valence-electron chi connectivity index (χ4n) is 3.22. The van der Waals surface area contributed by atoms with Gasteiger partial charge in [0.2, 0.25) is 5.91 Å². The normalized spacial score (nSPS) is 21.5. The number of aromatic nitrogens is 2. The lowest BCUT2D eigenvalue weighted by Gasteiger charge is -2.51. The summed E-state index contributed by atoms with van der Waals surface area (Å²) >= 11 is 5.21. The first-order valence-electron chi connectivity index (χ1n) is 8.88. The number of fused-ring (bicyclic) bond motifs is 1. The molecule has 31 heavy (non-hydrogen) atoms. The van der Waals surface area contributed by atoms with Gasteiger partial charge in [-0.3, -0.25) is 14.5 Å². The molecule has 2 aromatic rings. The zero-order valence-electron chi connectivity index (χ0n) is 16.2. The minimum absolute atomic E-state index is 0.0656. The molecule has 2 aliphatic rings. The summed E-state index contributed by atoms with van der Waals surface area (Å²) in [6.07, 6.45) is 0. The van der Waals surface area contributed by atoms with Crippen LogP contribution in [0.25, 0.3) is 0 Å². The molecule has 1 fully saturated rings. The maximum atomic E-state index is 13.0. The lowest BCUT2D eigenvalue weighted by molar-refractivity contribution is -0.154. The smallest absolute Gasteiger partial charge is 0.352 e. The van der Waals surface area contributed by atoms with Gasteiger partial charge in [0.05, 0.1) is 0 Å². The van der Waals surface area contributed by atoms with Crippen molar-refractivity contribution < 1.29 is 23.7 Å². The predicted molar refractivity (Wildman–Crippen MR) is 120 cm³/mol. The molecule has 0 radical (unpaired) electrons. The fourth-order valence-corrected chi connectivity index (χ4v) is 8.69. The van der Waals surface area contributed by atoms with Gasteiger partial charge in [0.1, 0.15) is 21.1 Å². The molecule has 1 N–H and O–H groups in total. The largest absolute Gasteiger partial charge is 0.477 e. The topological polar surface area (TPSA) is 121 Å². The van der Waals surface area contributed by atoms with Crippen LogP contribution in [0.5, 0.6) is 0 Å². The van der Waals surface area contributed by atoms with Gasteiger partial charge in [-0.2, -0.15) is 4.37 Å². The van der Waals surface area contributed by atoms with E-state index in [-0.39, 0.29) is 5.70 Å². The number of nitrogens with zero attached hydrogens (tertiary/aromatic N) is 4. The summed E-state index contributed by atoms with van der Waals surface area (Å²) in [6, 6.07) is 2.38. The van der Waals surface area contributed by atoms with Crippen molar-refractivity contribution in [2.45, 2.75) is 33.8 Å². The number of amides is 2. The molecule has 4 heterocycles. The van der Waals surface area contributed by atoms with Gasteiger partial charge < -0.3 is 5.11 Å². The van der Waals surface area contributed by atoms with Gasteiger partial charge in [0.25, 0.3) is 5.91 Å². The summed E-state index contributed by atoms with van der Waals surface area (Å²) in [5.41, 5.74) is 0.538. The molecule has 3 atom stereocenters. The molecular weight excluding hydrogens is 501 g/mol. The Morgan fingerprint density at radius 2 is 2.23 bits per heavy atom. The van der Waals surface area contributed by atoms with Gasteiger partial charge in [-0.1, -0.05) is 17.8 Å². The summed E-state index contributed by atoms with van der Waals surface area (Å²) in [5, 5.41) is 11.0. The minimum Gasteiger partial charge on any atom is -0.477 e. The van der Waals surface area contributed by atoms with Crippen molar-refractivity contribution in [3.63, 3.8) is 0 Å². The quantitative estimate of drug-likeness (QED) is 0.436. The first-order chi connectivity index (χ1) is 14.8. The molecule has 2 amide bonds. The highest BCUT2D eigenvalue weighted by molar-refractivity contribution is 8.01. The van der Waals surface area contributed by atoms with Gasteiger partial charge in [-0.25, -0.2) is 18.3 Å². The molecule has 0 saturated carbocycles. The maximum absolute atomic E-state index is 13.0. The van der Waals surface area contributed by atoms with E-state index in [9.17, 15) is 23.7 Å². The van der Waals surface area contributed by atoms with Crippen molar-refractivity contribution in [3.05, 3.63) is 34.6 Å². The van der Waals surface area contributed by atoms with Gasteiger partial charge in [-0.05, 0) is 35.5 Å². The van der Waals surface area contributed by atoms with Gasteiger partial charge in [0, 0.05) is 18.4 Å². The number of hydrogen-bond acceptors (Lipinski definition) is 10. The average Bonchev–Trinajstić information content (AvgIpc) is 3.40. The van der Waals surface area contributed by atoms with E-state index in [4.69, 9.17) is 0 Å². The third-order valence-corrected chi connectivity index (χ3v) is 10.5. The van der Waals surface area contributed by atoms with E-state index in [1.807, 2.05) is 0 Å². The van der Waals surface area contributed by atoms with Crippen molar-refractivity contribution >= 4 is 75.2 Å². The summed E-state index contributed by atoms with van der Waals surface area (Å²) in [5.74, 6) is -0.837. The van der Waals surface area contributed by atoms with E-state index in [2.05, 4.69) is 9.36 Å². The summed E-state index contributed by atoms with van der Waals surface area (Å²) < 4.78 is 19.3. The first kappa shape index (κ1) is 22.5. The number of carbonyl (C=O) groups excluding carboxylic acids is 2. The zero-order chi connectivity index (χ0) is 22.3. The van der Waals surface area contributed by atoms with Crippen molar-refractivity contribution in [2.75, 3.05) is 11.5 Å². The molecule has 0 aliphatic carbocycles. The SMILES string of the molecule is CC(=O)N(C1C(=O)N2C(C(=O)O)=C(CSc3nc(C)ns3)CS[C@H]12)S(=O)c1cccs1. The third-order valence-electron chi connectivity index (χ3n) is 4.51. The van der Waals surface area contributed by atoms with Gasteiger partial charge >= 0.3 is 5.97 Å². The fraction of sp³-hybridized carbons (Fsp3) is 0.353. The van der Waals surface area contributed by atoms with Crippen molar-refractivity contribution in [2.24, 2.45) is 0 Å². The number of carbonyl (C=O) groups is 3. The van der Waals surface area contributed by atoms with Crippen molar-refractivity contribution in [1.29, 1.82) is 0 Å². The van der Waals surface area contributed by atoms with Crippen LogP contribution in [0.1, 0.15) is 12.7 Å². The van der Waals surface area contributed by atoms with Crippen molar-refractivity contribution in [1.82, 2.24) is 18.6 Å².